The van der Waals surface area contributed by atoms with Gasteiger partial charge in [-0.3, -0.25) is 14.6 Å². The number of anilines is 1. The molecule has 2 atom stereocenters. The second-order valence-electron chi connectivity index (χ2n) is 9.40. The minimum absolute atomic E-state index is 0.0838. The third-order valence-electron chi connectivity index (χ3n) is 5.21. The maximum absolute atomic E-state index is 13.1. The van der Waals surface area contributed by atoms with E-state index in [4.69, 9.17) is 0 Å². The third kappa shape index (κ3) is 4.18. The van der Waals surface area contributed by atoms with Crippen LogP contribution in [0.3, 0.4) is 0 Å². The van der Waals surface area contributed by atoms with Crippen molar-refractivity contribution in [2.45, 2.75) is 65.3 Å². The average Bonchev–Trinajstić information content (AvgIpc) is 3.36. The van der Waals surface area contributed by atoms with E-state index in [9.17, 15) is 14.7 Å². The lowest BCUT2D eigenvalue weighted by molar-refractivity contribution is -0.142. The second-order valence-corrected chi connectivity index (χ2v) is 9.40. The largest absolute Gasteiger partial charge is 0.494 e. The number of nitrogens with zero attached hydrogens (tertiary/aromatic N) is 4. The van der Waals surface area contributed by atoms with Gasteiger partial charge in [0.15, 0.2) is 5.57 Å². The number of hydrogen-bond donors (Lipinski definition) is 4. The van der Waals surface area contributed by atoms with Gasteiger partial charge in [0.2, 0.25) is 5.88 Å². The summed E-state index contributed by atoms with van der Waals surface area (Å²) in [4.78, 5) is 36.1. The monoisotopic (exact) mass is 415 g/mol. The van der Waals surface area contributed by atoms with Crippen LogP contribution in [0.1, 0.15) is 45.7 Å². The third-order valence-corrected chi connectivity index (χ3v) is 5.21. The molecule has 4 N–H and O–H groups in total. The zero-order chi connectivity index (χ0) is 21.6. The van der Waals surface area contributed by atoms with Gasteiger partial charge in [-0.05, 0) is 25.2 Å². The van der Waals surface area contributed by atoms with Gasteiger partial charge in [-0.2, -0.15) is 0 Å². The van der Waals surface area contributed by atoms with Crippen LogP contribution in [-0.4, -0.2) is 61.7 Å². The number of aliphatic hydroxyl groups excluding tert-OH is 1. The molecule has 10 heteroatoms. The number of aliphatic hydroxyl groups is 1. The highest BCUT2D eigenvalue weighted by Crippen LogP contribution is 2.33. The molecule has 0 radical (unpaired) electrons. The first kappa shape index (κ1) is 20.4. The van der Waals surface area contributed by atoms with Crippen LogP contribution >= 0.6 is 0 Å². The van der Waals surface area contributed by atoms with Gasteiger partial charge in [-0.1, -0.05) is 20.8 Å². The van der Waals surface area contributed by atoms with Crippen molar-refractivity contribution in [2.75, 3.05) is 11.9 Å². The molecular weight excluding hydrogens is 386 g/mol. The molecule has 1 saturated carbocycles. The van der Waals surface area contributed by atoms with Crippen LogP contribution in [0.4, 0.5) is 5.82 Å². The molecule has 4 rings (SSSR count). The summed E-state index contributed by atoms with van der Waals surface area (Å²) in [6, 6.07) is 0.0838. The average molecular weight is 415 g/mol. The Labute approximate surface area is 175 Å². The highest BCUT2D eigenvalue weighted by atomic mass is 16.3. The number of hydrazine groups is 1. The molecule has 0 bridgehead atoms. The number of carbonyl (C=O) groups excluding carboxylic acids is 2. The number of aromatic nitrogens is 2. The minimum atomic E-state index is -0.528. The maximum Gasteiger partial charge on any atom is 0.281 e. The summed E-state index contributed by atoms with van der Waals surface area (Å²) in [6.45, 7) is 8.48. The van der Waals surface area contributed by atoms with E-state index in [2.05, 4.69) is 26.0 Å². The molecule has 1 saturated heterocycles. The smallest absolute Gasteiger partial charge is 0.281 e. The van der Waals surface area contributed by atoms with Crippen molar-refractivity contribution < 1.29 is 14.7 Å². The first-order valence-corrected chi connectivity index (χ1v) is 10.3. The zero-order valence-corrected chi connectivity index (χ0v) is 17.8. The fourth-order valence-electron chi connectivity index (χ4n) is 3.70. The van der Waals surface area contributed by atoms with Crippen molar-refractivity contribution in [1.82, 2.24) is 30.6 Å². The van der Waals surface area contributed by atoms with Gasteiger partial charge in [0, 0.05) is 19.0 Å². The molecule has 30 heavy (non-hydrogen) atoms. The van der Waals surface area contributed by atoms with Crippen LogP contribution in [0, 0.1) is 12.3 Å². The molecule has 2 fully saturated rings. The molecule has 1 aromatic heterocycles. The van der Waals surface area contributed by atoms with E-state index in [1.807, 2.05) is 27.7 Å². The Morgan fingerprint density at radius 2 is 2.03 bits per heavy atom. The minimum Gasteiger partial charge on any atom is -0.494 e. The summed E-state index contributed by atoms with van der Waals surface area (Å²) in [5.41, 5.74) is 3.57. The van der Waals surface area contributed by atoms with Crippen molar-refractivity contribution in [3.8, 4) is 0 Å². The van der Waals surface area contributed by atoms with Gasteiger partial charge in [0.1, 0.15) is 12.0 Å². The van der Waals surface area contributed by atoms with E-state index >= 15 is 0 Å². The zero-order valence-electron chi connectivity index (χ0n) is 17.8. The van der Waals surface area contributed by atoms with Crippen LogP contribution in [0.25, 0.3) is 0 Å². The van der Waals surface area contributed by atoms with Crippen molar-refractivity contribution in [3.63, 3.8) is 0 Å². The fraction of sp³-hybridized carbons (Fsp3) is 0.600. The maximum atomic E-state index is 13.1. The summed E-state index contributed by atoms with van der Waals surface area (Å²) >= 11 is 0. The number of rotatable bonds is 5. The van der Waals surface area contributed by atoms with Crippen LogP contribution in [0.2, 0.25) is 0 Å². The number of nitrogens with one attached hydrogen (secondary N) is 3. The normalized spacial score (nSPS) is 24.2. The number of fused-ring (bicyclic) bond motifs is 1. The summed E-state index contributed by atoms with van der Waals surface area (Å²) in [5.74, 6) is -0.733. The number of hydrogen-bond acceptors (Lipinski definition) is 8. The van der Waals surface area contributed by atoms with Crippen molar-refractivity contribution in [2.24, 2.45) is 5.41 Å². The predicted octanol–water partition coefficient (Wildman–Crippen LogP) is 0.996. The van der Waals surface area contributed by atoms with Gasteiger partial charge >= 0.3 is 0 Å². The van der Waals surface area contributed by atoms with Gasteiger partial charge in [-0.15, -0.1) is 0 Å². The van der Waals surface area contributed by atoms with Crippen LogP contribution in [0.5, 0.6) is 0 Å². The van der Waals surface area contributed by atoms with Crippen LogP contribution < -0.4 is 16.1 Å². The highest BCUT2D eigenvalue weighted by molar-refractivity contribution is 6.19. The summed E-state index contributed by atoms with van der Waals surface area (Å²) < 4.78 is 0. The molecule has 2 unspecified atom stereocenters. The first-order valence-electron chi connectivity index (χ1n) is 10.3. The summed E-state index contributed by atoms with van der Waals surface area (Å²) in [6.07, 6.45) is 4.85. The van der Waals surface area contributed by atoms with Gasteiger partial charge < -0.3 is 20.6 Å². The van der Waals surface area contributed by atoms with Crippen molar-refractivity contribution in [3.05, 3.63) is 29.5 Å². The topological polar surface area (TPSA) is 123 Å². The lowest BCUT2D eigenvalue weighted by Gasteiger charge is -2.42. The second kappa shape index (κ2) is 7.42. The van der Waals surface area contributed by atoms with E-state index < -0.39 is 18.0 Å². The molecule has 2 amide bonds. The quantitative estimate of drug-likeness (QED) is 0.525. The Kier molecular flexibility index (Phi) is 5.05. The highest BCUT2D eigenvalue weighted by Gasteiger charge is 2.49. The molecule has 10 nitrogen and oxygen atoms in total. The van der Waals surface area contributed by atoms with Crippen molar-refractivity contribution >= 4 is 17.6 Å². The van der Waals surface area contributed by atoms with Gasteiger partial charge in [0.05, 0.1) is 24.3 Å². The Balaban J connectivity index is 1.59. The van der Waals surface area contributed by atoms with Gasteiger partial charge in [-0.25, -0.2) is 15.4 Å². The lowest BCUT2D eigenvalue weighted by Crippen LogP contribution is -2.58. The Hall–Kier alpha value is -2.88. The van der Waals surface area contributed by atoms with Gasteiger partial charge in [0.25, 0.3) is 11.8 Å². The van der Waals surface area contributed by atoms with E-state index in [0.29, 0.717) is 18.8 Å². The van der Waals surface area contributed by atoms with E-state index in [-0.39, 0.29) is 29.1 Å². The molecule has 2 aliphatic heterocycles. The first-order chi connectivity index (χ1) is 14.1. The van der Waals surface area contributed by atoms with Crippen LogP contribution in [-0.2, 0) is 9.59 Å². The molecule has 162 valence electrons. The predicted molar refractivity (Wildman–Crippen MR) is 110 cm³/mol. The molecule has 3 aliphatic rings. The van der Waals surface area contributed by atoms with Crippen LogP contribution in [0.15, 0.2) is 23.8 Å². The molecule has 1 aliphatic carbocycles. The Bertz CT molecular complexity index is 873. The molecule has 0 spiro atoms. The fourth-order valence-corrected chi connectivity index (χ4v) is 3.70. The molecular formula is C20H29N7O3. The molecule has 3 heterocycles. The molecule has 1 aromatic rings. The summed E-state index contributed by atoms with van der Waals surface area (Å²) in [5, 5.41) is 18.4. The standard InChI is InChI=1S/C20H29N7O3/c1-11-8-22-14(9-21-11)24-13-7-15-26(10-20(2,3)4)18(29)16(19(30)27(15)25-13)17(28)23-12-5-6-12/h8-9,12-13,15,25,29H,5-7,10H2,1-4H3,(H,22,24)(H,23,28). The van der Waals surface area contributed by atoms with E-state index in [0.717, 1.165) is 18.5 Å². The number of amides is 2. The Morgan fingerprint density at radius 1 is 1.30 bits per heavy atom. The van der Waals surface area contributed by atoms with Crippen molar-refractivity contribution in [1.29, 1.82) is 0 Å². The lowest BCUT2D eigenvalue weighted by atomic mass is 9.95. The number of carbonyl (C=O) groups is 2. The Morgan fingerprint density at radius 3 is 2.63 bits per heavy atom. The summed E-state index contributed by atoms with van der Waals surface area (Å²) in [7, 11) is 0. The SMILES string of the molecule is Cc1cnc(NC2CC3N(CC(C)(C)C)C(O)=C(C(=O)NC4CC4)C(=O)N3N2)cn1. The molecule has 0 aromatic carbocycles. The van der Waals surface area contributed by atoms with E-state index in [1.165, 1.54) is 5.01 Å². The number of aryl methyl sites for hydroxylation is 1. The van der Waals surface area contributed by atoms with E-state index in [1.54, 1.807) is 17.3 Å².